The van der Waals surface area contributed by atoms with Crippen LogP contribution in [0.3, 0.4) is 0 Å². The number of halogens is 1. The molecule has 2 rings (SSSR count). The summed E-state index contributed by atoms with van der Waals surface area (Å²) in [6, 6.07) is 6.23. The zero-order valence-corrected chi connectivity index (χ0v) is 14.1. The number of hydrogen-bond donors (Lipinski definition) is 2. The summed E-state index contributed by atoms with van der Waals surface area (Å²) in [7, 11) is 0. The van der Waals surface area contributed by atoms with Crippen LogP contribution in [-0.2, 0) is 6.42 Å². The van der Waals surface area contributed by atoms with Crippen molar-refractivity contribution in [3.05, 3.63) is 51.7 Å². The first-order valence-corrected chi connectivity index (χ1v) is 8.46. The summed E-state index contributed by atoms with van der Waals surface area (Å²) in [4.78, 5) is 16.8. The second-order valence-electron chi connectivity index (χ2n) is 5.58. The maximum Gasteiger partial charge on any atom is 0.263 e. The molecule has 0 aliphatic heterocycles. The standard InChI is InChI=1S/C17H21FN2O2S/c1-3-11(2)14(21)9-20-17(22)15-10-19-16(23-15)8-12-4-6-13(18)7-5-12/h4-7,10-11,14,21H,3,8-9H2,1-2H3,(H,20,22). The van der Waals surface area contributed by atoms with Gasteiger partial charge in [-0.15, -0.1) is 11.3 Å². The number of aliphatic hydroxyl groups is 1. The molecule has 1 aromatic heterocycles. The molecule has 0 spiro atoms. The molecular weight excluding hydrogens is 315 g/mol. The average Bonchev–Trinajstić information content (AvgIpc) is 3.02. The highest BCUT2D eigenvalue weighted by Crippen LogP contribution is 2.17. The summed E-state index contributed by atoms with van der Waals surface area (Å²) in [6.07, 6.45) is 2.41. The minimum Gasteiger partial charge on any atom is -0.391 e. The molecule has 2 atom stereocenters. The molecule has 0 radical (unpaired) electrons. The highest BCUT2D eigenvalue weighted by atomic mass is 32.1. The Morgan fingerprint density at radius 2 is 2.09 bits per heavy atom. The van der Waals surface area contributed by atoms with Gasteiger partial charge in [0.25, 0.3) is 5.91 Å². The Bertz CT molecular complexity index is 642. The van der Waals surface area contributed by atoms with E-state index in [-0.39, 0.29) is 24.2 Å². The van der Waals surface area contributed by atoms with Crippen LogP contribution in [0.5, 0.6) is 0 Å². The van der Waals surface area contributed by atoms with E-state index in [0.717, 1.165) is 17.0 Å². The molecule has 0 aliphatic carbocycles. The van der Waals surface area contributed by atoms with Crippen LogP contribution in [0.15, 0.2) is 30.5 Å². The molecule has 0 fully saturated rings. The van der Waals surface area contributed by atoms with E-state index in [0.29, 0.717) is 11.3 Å². The van der Waals surface area contributed by atoms with E-state index in [2.05, 4.69) is 10.3 Å². The van der Waals surface area contributed by atoms with Gasteiger partial charge in [0.1, 0.15) is 10.7 Å². The van der Waals surface area contributed by atoms with E-state index in [1.165, 1.54) is 29.7 Å². The number of carbonyl (C=O) groups excluding carboxylic acids is 1. The summed E-state index contributed by atoms with van der Waals surface area (Å²) in [5.41, 5.74) is 0.944. The highest BCUT2D eigenvalue weighted by molar-refractivity contribution is 7.13. The summed E-state index contributed by atoms with van der Waals surface area (Å²) >= 11 is 1.31. The van der Waals surface area contributed by atoms with Gasteiger partial charge in [-0.3, -0.25) is 4.79 Å². The Labute approximate surface area is 139 Å². The number of benzene rings is 1. The van der Waals surface area contributed by atoms with E-state index in [1.54, 1.807) is 12.1 Å². The van der Waals surface area contributed by atoms with Crippen molar-refractivity contribution in [2.75, 3.05) is 6.54 Å². The van der Waals surface area contributed by atoms with E-state index in [9.17, 15) is 14.3 Å². The van der Waals surface area contributed by atoms with Gasteiger partial charge < -0.3 is 10.4 Å². The minimum absolute atomic E-state index is 0.144. The molecule has 1 heterocycles. The molecule has 2 aromatic rings. The van der Waals surface area contributed by atoms with Gasteiger partial charge in [0.2, 0.25) is 0 Å². The molecule has 0 saturated carbocycles. The second-order valence-corrected chi connectivity index (χ2v) is 6.70. The fourth-order valence-corrected chi connectivity index (χ4v) is 2.90. The zero-order chi connectivity index (χ0) is 16.8. The van der Waals surface area contributed by atoms with Gasteiger partial charge in [-0.05, 0) is 23.6 Å². The quantitative estimate of drug-likeness (QED) is 0.817. The fraction of sp³-hybridized carbons (Fsp3) is 0.412. The van der Waals surface area contributed by atoms with Crippen LogP contribution in [0.25, 0.3) is 0 Å². The molecule has 124 valence electrons. The lowest BCUT2D eigenvalue weighted by atomic mass is 10.0. The number of nitrogens with one attached hydrogen (secondary N) is 1. The largest absolute Gasteiger partial charge is 0.391 e. The predicted molar refractivity (Wildman–Crippen MR) is 89.1 cm³/mol. The lowest BCUT2D eigenvalue weighted by molar-refractivity contribution is 0.0853. The SMILES string of the molecule is CCC(C)C(O)CNC(=O)c1cnc(Cc2ccc(F)cc2)s1. The predicted octanol–water partition coefficient (Wildman–Crippen LogP) is 3.01. The van der Waals surface area contributed by atoms with E-state index >= 15 is 0 Å². The molecule has 0 bridgehead atoms. The van der Waals surface area contributed by atoms with Crippen molar-refractivity contribution in [2.24, 2.45) is 5.92 Å². The van der Waals surface area contributed by atoms with Crippen LogP contribution in [0.4, 0.5) is 4.39 Å². The summed E-state index contributed by atoms with van der Waals surface area (Å²) in [6.45, 7) is 4.18. The number of thiazole rings is 1. The number of carbonyl (C=O) groups is 1. The van der Waals surface area contributed by atoms with Crippen LogP contribution >= 0.6 is 11.3 Å². The first kappa shape index (κ1) is 17.6. The molecular formula is C17H21FN2O2S. The smallest absolute Gasteiger partial charge is 0.263 e. The van der Waals surface area contributed by atoms with Crippen molar-refractivity contribution in [1.82, 2.24) is 10.3 Å². The molecule has 0 aliphatic rings. The van der Waals surface area contributed by atoms with Crippen LogP contribution in [0.2, 0.25) is 0 Å². The van der Waals surface area contributed by atoms with E-state index in [4.69, 9.17) is 0 Å². The normalized spacial score (nSPS) is 13.6. The molecule has 2 unspecified atom stereocenters. The van der Waals surface area contributed by atoms with Crippen molar-refractivity contribution in [3.63, 3.8) is 0 Å². The number of rotatable bonds is 7. The maximum atomic E-state index is 12.9. The minimum atomic E-state index is -0.546. The first-order chi connectivity index (χ1) is 11.0. The number of amides is 1. The number of aromatic nitrogens is 1. The number of aliphatic hydroxyl groups excluding tert-OH is 1. The Hall–Kier alpha value is -1.79. The van der Waals surface area contributed by atoms with Crippen molar-refractivity contribution in [3.8, 4) is 0 Å². The molecule has 2 N–H and O–H groups in total. The van der Waals surface area contributed by atoms with Crippen LogP contribution < -0.4 is 5.32 Å². The Balaban J connectivity index is 1.90. The van der Waals surface area contributed by atoms with Crippen molar-refractivity contribution in [2.45, 2.75) is 32.8 Å². The zero-order valence-electron chi connectivity index (χ0n) is 13.3. The van der Waals surface area contributed by atoms with Gasteiger partial charge in [-0.25, -0.2) is 9.37 Å². The van der Waals surface area contributed by atoms with Crippen molar-refractivity contribution < 1.29 is 14.3 Å². The lowest BCUT2D eigenvalue weighted by Crippen LogP contribution is -2.35. The van der Waals surface area contributed by atoms with Gasteiger partial charge in [0.15, 0.2) is 0 Å². The third-order valence-electron chi connectivity index (χ3n) is 3.82. The Morgan fingerprint density at radius 1 is 1.39 bits per heavy atom. The first-order valence-electron chi connectivity index (χ1n) is 7.65. The fourth-order valence-electron chi connectivity index (χ4n) is 2.03. The number of nitrogens with zero attached hydrogens (tertiary/aromatic N) is 1. The molecule has 1 amide bonds. The maximum absolute atomic E-state index is 12.9. The molecule has 6 heteroatoms. The summed E-state index contributed by atoms with van der Waals surface area (Å²) in [5, 5.41) is 13.4. The van der Waals surface area contributed by atoms with Gasteiger partial charge in [-0.1, -0.05) is 32.4 Å². The van der Waals surface area contributed by atoms with E-state index < -0.39 is 6.10 Å². The second kappa shape index (κ2) is 8.17. The Morgan fingerprint density at radius 3 is 2.74 bits per heavy atom. The van der Waals surface area contributed by atoms with Gasteiger partial charge in [-0.2, -0.15) is 0 Å². The van der Waals surface area contributed by atoms with Crippen LogP contribution in [0.1, 0.15) is 40.5 Å². The summed E-state index contributed by atoms with van der Waals surface area (Å²) in [5.74, 6) is -0.353. The van der Waals surface area contributed by atoms with E-state index in [1.807, 2.05) is 13.8 Å². The number of hydrogen-bond acceptors (Lipinski definition) is 4. The molecule has 4 nitrogen and oxygen atoms in total. The Kier molecular flexibility index (Phi) is 6.24. The third kappa shape index (κ3) is 5.11. The molecule has 0 saturated heterocycles. The molecule has 1 aromatic carbocycles. The average molecular weight is 336 g/mol. The summed E-state index contributed by atoms with van der Waals surface area (Å²) < 4.78 is 12.9. The lowest BCUT2D eigenvalue weighted by Gasteiger charge is -2.17. The van der Waals surface area contributed by atoms with Crippen LogP contribution in [-0.4, -0.2) is 28.6 Å². The highest BCUT2D eigenvalue weighted by Gasteiger charge is 2.15. The topological polar surface area (TPSA) is 62.2 Å². The van der Waals surface area contributed by atoms with Crippen molar-refractivity contribution in [1.29, 1.82) is 0 Å². The third-order valence-corrected chi connectivity index (χ3v) is 4.81. The monoisotopic (exact) mass is 336 g/mol. The molecule has 23 heavy (non-hydrogen) atoms. The van der Waals surface area contributed by atoms with Gasteiger partial charge >= 0.3 is 0 Å². The van der Waals surface area contributed by atoms with Crippen LogP contribution in [0, 0.1) is 11.7 Å². The van der Waals surface area contributed by atoms with Gasteiger partial charge in [0, 0.05) is 13.0 Å². The van der Waals surface area contributed by atoms with Crippen molar-refractivity contribution >= 4 is 17.2 Å². The van der Waals surface area contributed by atoms with Gasteiger partial charge in [0.05, 0.1) is 17.3 Å².